The predicted molar refractivity (Wildman–Crippen MR) is 468 cm³/mol. The van der Waals surface area contributed by atoms with Crippen molar-refractivity contribution in [3.05, 3.63) is 276 Å². The summed E-state index contributed by atoms with van der Waals surface area (Å²) in [5.41, 5.74) is 12.0. The molecule has 1 saturated heterocycles. The monoisotopic (exact) mass is 1670 g/mol. The van der Waals surface area contributed by atoms with Crippen LogP contribution in [0.2, 0.25) is 0 Å². The molecule has 0 radical (unpaired) electrons. The Labute approximate surface area is 713 Å². The number of aromatic nitrogens is 13. The fourth-order valence-corrected chi connectivity index (χ4v) is 14.0. The molecule has 1 amide bonds. The molecule has 123 heavy (non-hydrogen) atoms. The van der Waals surface area contributed by atoms with Gasteiger partial charge in [0.2, 0.25) is 5.95 Å². The minimum absolute atomic E-state index is 0.00125. The molecule has 1 fully saturated rings. The van der Waals surface area contributed by atoms with Crippen molar-refractivity contribution in [1.82, 2.24) is 78.9 Å². The maximum Gasteiger partial charge on any atom is 0.316 e. The molecule has 27 heteroatoms. The topological polar surface area (TPSA) is 237 Å². The highest BCUT2D eigenvalue weighted by Crippen LogP contribution is 2.38. The van der Waals surface area contributed by atoms with Crippen LogP contribution in [0.1, 0.15) is 130 Å². The van der Waals surface area contributed by atoms with Crippen molar-refractivity contribution in [2.24, 2.45) is 5.92 Å². The number of aryl methyl sites for hydroxylation is 3. The van der Waals surface area contributed by atoms with Gasteiger partial charge in [0, 0.05) is 103 Å². The van der Waals surface area contributed by atoms with Crippen molar-refractivity contribution >= 4 is 33.5 Å². The van der Waals surface area contributed by atoms with Crippen LogP contribution in [0, 0.1) is 53.9 Å². The van der Waals surface area contributed by atoms with Gasteiger partial charge in [-0.05, 0) is 217 Å². The number of halogens is 5. The van der Waals surface area contributed by atoms with E-state index in [1.165, 1.54) is 35.9 Å². The van der Waals surface area contributed by atoms with Crippen LogP contribution >= 0.6 is 0 Å². The zero-order chi connectivity index (χ0) is 87.1. The first-order chi connectivity index (χ1) is 59.4. The average Bonchev–Trinajstić information content (AvgIpc) is 1.60. The lowest BCUT2D eigenvalue weighted by Crippen LogP contribution is -2.31. The number of carbonyl (C=O) groups is 2. The largest absolute Gasteiger partial charge is 0.467 e. The molecule has 22 nitrogen and oxygen atoms in total. The van der Waals surface area contributed by atoms with Gasteiger partial charge in [-0.25, -0.2) is 32.2 Å². The number of aliphatic hydroxyl groups is 1. The van der Waals surface area contributed by atoms with Gasteiger partial charge in [0.1, 0.15) is 46.2 Å². The number of aliphatic hydroxyl groups excluding tert-OH is 1. The molecule has 14 aromatic rings. The van der Waals surface area contributed by atoms with Crippen LogP contribution in [0.15, 0.2) is 207 Å². The second-order valence-corrected chi connectivity index (χ2v) is 31.6. The number of hydrogen-bond acceptors (Lipinski definition) is 16. The van der Waals surface area contributed by atoms with Gasteiger partial charge in [-0.1, -0.05) is 95.5 Å². The van der Waals surface area contributed by atoms with Crippen LogP contribution in [0.4, 0.5) is 22.0 Å². The van der Waals surface area contributed by atoms with Crippen molar-refractivity contribution in [2.75, 3.05) is 54.0 Å². The van der Waals surface area contributed by atoms with Gasteiger partial charge in [-0.2, -0.15) is 29.7 Å². The Balaban J connectivity index is 0.000000153. The lowest BCUT2D eigenvalue weighted by Gasteiger charge is -2.25. The first-order valence-corrected chi connectivity index (χ1v) is 41.3. The summed E-state index contributed by atoms with van der Waals surface area (Å²) in [5.74, 6) is 5.11. The number of methoxy groups -OCH3 is 1. The number of ketones is 1. The molecule has 3 N–H and O–H groups in total. The second-order valence-electron chi connectivity index (χ2n) is 31.6. The molecule has 638 valence electrons. The number of hydrogen-bond donors (Lipinski definition) is 3. The van der Waals surface area contributed by atoms with E-state index in [1.807, 2.05) is 119 Å². The summed E-state index contributed by atoms with van der Waals surface area (Å²) < 4.78 is 96.1. The summed E-state index contributed by atoms with van der Waals surface area (Å²) >= 11 is 0. The van der Waals surface area contributed by atoms with E-state index >= 15 is 0 Å². The molecule has 0 spiro atoms. The number of benzene rings is 7. The maximum atomic E-state index is 14.6. The van der Waals surface area contributed by atoms with Gasteiger partial charge in [0.15, 0.2) is 17.4 Å². The Morgan fingerprint density at radius 2 is 1.43 bits per heavy atom. The van der Waals surface area contributed by atoms with Crippen LogP contribution < -0.4 is 24.8 Å². The van der Waals surface area contributed by atoms with Gasteiger partial charge in [-0.15, -0.1) is 0 Å². The van der Waals surface area contributed by atoms with Gasteiger partial charge in [-0.3, -0.25) is 23.9 Å². The fourth-order valence-electron chi connectivity index (χ4n) is 14.0. The minimum Gasteiger partial charge on any atom is -0.467 e. The van der Waals surface area contributed by atoms with E-state index in [0.29, 0.717) is 85.7 Å². The van der Waals surface area contributed by atoms with Crippen molar-refractivity contribution in [3.63, 3.8) is 0 Å². The smallest absolute Gasteiger partial charge is 0.316 e. The fraction of sp³-hybridized carbons (Fsp3) is 0.312. The van der Waals surface area contributed by atoms with Crippen LogP contribution in [0.25, 0.3) is 61.4 Å². The number of likely N-dealkylation sites (N-methyl/N-ethyl adjacent to an activating group) is 1. The number of fused-ring (bicyclic) bond motifs is 2. The number of nitrogens with one attached hydrogen (secondary N) is 2. The van der Waals surface area contributed by atoms with Gasteiger partial charge < -0.3 is 44.0 Å². The van der Waals surface area contributed by atoms with Crippen LogP contribution in [-0.2, 0) is 49.1 Å². The third-order valence-electron chi connectivity index (χ3n) is 20.4. The van der Waals surface area contributed by atoms with E-state index < -0.39 is 17.6 Å². The summed E-state index contributed by atoms with van der Waals surface area (Å²) in [7, 11) is 5.37. The van der Waals surface area contributed by atoms with E-state index in [9.17, 15) is 36.6 Å². The number of ether oxygens (including phenoxy) is 3. The third kappa shape index (κ3) is 24.0. The van der Waals surface area contributed by atoms with Crippen molar-refractivity contribution in [2.45, 2.75) is 137 Å². The molecule has 0 saturated carbocycles. The molecule has 7 aromatic carbocycles. The molecule has 0 atom stereocenters. The normalized spacial score (nSPS) is 12.1. The number of Topliss-reactive ketones (excluding diaryl/α,β-unsaturated/α-hetero) is 1. The number of carbonyl (C=O) groups excluding carboxylic acids is 2. The molecule has 7 aromatic heterocycles. The SMILES string of the molecule is CC(C)Cn1ncc2cc(Oc3ccc(F)cc3F)c(C(=O)NCCN(C)C)cc21.CCCC#Cc1nc(F)c(-c2ccncc2)n1CCCc1ccccc1.COc1nccc(-c2c(-c3ccc(F)cc3)ncn2C2CCNCC2)n1.Cc1ccc(-n2nc(C(C)(C)C)cc2CC(=O)CCc2cc(F)ccc2Oc2ccc3c(cnn3CCO)c2)cc1. The Morgan fingerprint density at radius 3 is 2.13 bits per heavy atom. The van der Waals surface area contributed by atoms with Crippen molar-refractivity contribution in [3.8, 4) is 80.4 Å². The molecule has 1 aliphatic rings. The van der Waals surface area contributed by atoms with Crippen LogP contribution in [0.5, 0.6) is 29.0 Å². The quantitative estimate of drug-likeness (QED) is 0.0305. The second kappa shape index (κ2) is 42.5. The Morgan fingerprint density at radius 1 is 0.715 bits per heavy atom. The van der Waals surface area contributed by atoms with E-state index in [-0.39, 0.29) is 65.3 Å². The third-order valence-corrected chi connectivity index (χ3v) is 20.4. The van der Waals surface area contributed by atoms with Crippen molar-refractivity contribution < 1.29 is 50.9 Å². The van der Waals surface area contributed by atoms with E-state index in [2.05, 4.69) is 116 Å². The number of rotatable bonds is 28. The van der Waals surface area contributed by atoms with Gasteiger partial charge >= 0.3 is 6.01 Å². The minimum atomic E-state index is -0.843. The molecule has 0 aliphatic carbocycles. The molecule has 1 aliphatic heterocycles. The number of unbranched alkanes of at least 4 members (excludes halogenated alkanes) is 1. The number of pyridine rings is 1. The zero-order valence-corrected chi connectivity index (χ0v) is 70.9. The molecule has 15 rings (SSSR count). The van der Waals surface area contributed by atoms with Gasteiger partial charge in [0.05, 0.1) is 89.7 Å². The molecule has 8 heterocycles. The molecule has 0 unspecified atom stereocenters. The maximum absolute atomic E-state index is 14.6. The Bertz CT molecular complexity index is 5920. The molecular formula is C96H103F5N16O6. The Kier molecular flexibility index (Phi) is 30.8. The first-order valence-electron chi connectivity index (χ1n) is 41.3. The van der Waals surface area contributed by atoms with Crippen molar-refractivity contribution in [1.29, 1.82) is 0 Å². The summed E-state index contributed by atoms with van der Waals surface area (Å²) in [6, 6.07) is 49.2. The standard InChI is InChI=1S/C33H35FN4O3.C22H26F2N4O2.C22H22FN3.C19H20FN5O/c1-22-5-9-26(10-6-22)38-27(20-32(36-38)33(2,3)4)19-28(40)11-7-23-17-25(34)8-14-31(23)41-29-12-13-30-24(18-29)21-35-37(30)15-16-39;1-14(2)13-28-19-11-17(22(29)25-7-8-27(3)4)21(9-15(19)12-26-28)30-20-6-5-16(23)10-18(20)24;1-2-3-5-12-20-25-22(23)21(19-13-15-24-16-14-19)26(20)17-8-11-18-9-6-4-7-10-18;1-26-19-22-11-8-16(24-19)18-17(13-2-4-14(20)5-3-13)23-12-25(18)15-6-9-21-10-7-15/h5-6,8-10,12-14,17-18,20-21,39H,7,11,15-16,19H2,1-4H3;5-6,9-12,14H,7-8,13H2,1-4H3,(H,25,29);4,6-7,9-10,13-16H,2-3,8,11,17H2,1H3;2-5,8,11-12,15,21H,6-7,9-10H2,1H3. The lowest BCUT2D eigenvalue weighted by atomic mass is 9.92. The number of piperidine rings is 1. The van der Waals surface area contributed by atoms with Crippen LogP contribution in [0.3, 0.4) is 0 Å². The number of amides is 1. The zero-order valence-electron chi connectivity index (χ0n) is 70.9. The summed E-state index contributed by atoms with van der Waals surface area (Å²) in [5, 5.41) is 30.6. The predicted octanol–water partition coefficient (Wildman–Crippen LogP) is 18.5. The Hall–Kier alpha value is -13.0. The highest BCUT2D eigenvalue weighted by atomic mass is 19.1. The van der Waals surface area contributed by atoms with Crippen LogP contribution in [-0.4, -0.2) is 139 Å². The first kappa shape index (κ1) is 89.2. The number of imidazole rings is 2. The van der Waals surface area contributed by atoms with E-state index in [1.54, 1.807) is 85.2 Å². The number of nitrogens with zero attached hydrogens (tertiary/aromatic N) is 14. The van der Waals surface area contributed by atoms with E-state index in [4.69, 9.17) is 19.3 Å². The van der Waals surface area contributed by atoms with E-state index in [0.717, 1.165) is 136 Å². The van der Waals surface area contributed by atoms with Gasteiger partial charge in [0.25, 0.3) is 5.91 Å². The summed E-state index contributed by atoms with van der Waals surface area (Å²) in [6.07, 6.45) is 16.7. The highest BCUT2D eigenvalue weighted by molar-refractivity contribution is 6.01. The summed E-state index contributed by atoms with van der Waals surface area (Å²) in [6.45, 7) is 19.4. The summed E-state index contributed by atoms with van der Waals surface area (Å²) in [4.78, 5) is 49.4. The molecule has 0 bridgehead atoms. The highest BCUT2D eigenvalue weighted by Gasteiger charge is 2.27. The lowest BCUT2D eigenvalue weighted by molar-refractivity contribution is -0.118. The molecular weight excluding hydrogens is 1570 g/mol. The average molecular weight is 1670 g/mol.